The molecule has 2 aliphatic rings. The van der Waals surface area contributed by atoms with Crippen molar-refractivity contribution < 1.29 is 17.9 Å². The number of hydrogen-bond donors (Lipinski definition) is 0. The number of benzene rings is 1. The zero-order valence-electron chi connectivity index (χ0n) is 15.5. The fraction of sp³-hybridized carbons (Fsp3) is 0.500. The van der Waals surface area contributed by atoms with Gasteiger partial charge in [-0.25, -0.2) is 8.42 Å². The van der Waals surface area contributed by atoms with Gasteiger partial charge in [-0.1, -0.05) is 0 Å². The van der Waals surface area contributed by atoms with Gasteiger partial charge in [0.05, 0.1) is 36.5 Å². The smallest absolute Gasteiger partial charge is 0.253 e. The van der Waals surface area contributed by atoms with Crippen molar-refractivity contribution in [2.75, 3.05) is 39.4 Å². The molecule has 1 aromatic carbocycles. The Labute approximate surface area is 163 Å². The summed E-state index contributed by atoms with van der Waals surface area (Å²) < 4.78 is 32.0. The topological polar surface area (TPSA) is 97.6 Å². The summed E-state index contributed by atoms with van der Waals surface area (Å²) in [7, 11) is -3.55. The van der Waals surface area contributed by atoms with Crippen molar-refractivity contribution in [3.8, 4) is 0 Å². The van der Waals surface area contributed by atoms with Crippen LogP contribution in [0.3, 0.4) is 0 Å². The first-order chi connectivity index (χ1) is 13.6. The number of morpholine rings is 1. The molecule has 0 saturated carbocycles. The van der Waals surface area contributed by atoms with Gasteiger partial charge in [0.25, 0.3) is 5.91 Å². The summed E-state index contributed by atoms with van der Waals surface area (Å²) in [5, 5.41) is 8.35. The molecule has 2 aliphatic heterocycles. The van der Waals surface area contributed by atoms with Crippen LogP contribution in [0.2, 0.25) is 0 Å². The summed E-state index contributed by atoms with van der Waals surface area (Å²) in [6.07, 6.45) is 4.90. The number of rotatable bonds is 4. The van der Waals surface area contributed by atoms with Crippen molar-refractivity contribution in [2.45, 2.75) is 23.8 Å². The van der Waals surface area contributed by atoms with Crippen LogP contribution in [0.5, 0.6) is 0 Å². The molecule has 9 nitrogen and oxygen atoms in total. The Bertz CT molecular complexity index is 900. The summed E-state index contributed by atoms with van der Waals surface area (Å²) in [4.78, 5) is 16.5. The third kappa shape index (κ3) is 3.80. The standard InChI is InChI=1S/C18H23N5O4S/c24-18(21-9-5-16(6-10-21)23-19-7-8-20-23)15-1-3-17(4-2-15)28(25,26)22-11-13-27-14-12-22/h1-4,7-8,16H,5-6,9-14H2. The lowest BCUT2D eigenvalue weighted by atomic mass is 10.0. The van der Waals surface area contributed by atoms with E-state index in [1.807, 2.05) is 0 Å². The zero-order chi connectivity index (χ0) is 19.6. The predicted octanol–water partition coefficient (Wildman–Crippen LogP) is 0.776. The molecule has 0 aliphatic carbocycles. The van der Waals surface area contributed by atoms with Crippen LogP contribution in [0, 0.1) is 0 Å². The highest BCUT2D eigenvalue weighted by atomic mass is 32.2. The Kier molecular flexibility index (Phi) is 5.42. The Morgan fingerprint density at radius 3 is 2.18 bits per heavy atom. The molecule has 0 atom stereocenters. The van der Waals surface area contributed by atoms with Crippen LogP contribution < -0.4 is 0 Å². The van der Waals surface area contributed by atoms with Gasteiger partial charge < -0.3 is 9.64 Å². The van der Waals surface area contributed by atoms with Crippen LogP contribution in [-0.4, -0.2) is 77.9 Å². The lowest BCUT2D eigenvalue weighted by Gasteiger charge is -2.31. The minimum Gasteiger partial charge on any atom is -0.379 e. The van der Waals surface area contributed by atoms with Gasteiger partial charge in [0.1, 0.15) is 0 Å². The van der Waals surface area contributed by atoms with Crippen LogP contribution in [0.15, 0.2) is 41.6 Å². The van der Waals surface area contributed by atoms with E-state index in [2.05, 4.69) is 10.2 Å². The molecule has 150 valence electrons. The minimum atomic E-state index is -3.55. The molecule has 1 aromatic heterocycles. The third-order valence-corrected chi connectivity index (χ3v) is 7.14. The molecule has 4 rings (SSSR count). The number of sulfonamides is 1. The van der Waals surface area contributed by atoms with E-state index < -0.39 is 10.0 Å². The maximum absolute atomic E-state index is 12.8. The molecular weight excluding hydrogens is 382 g/mol. The maximum Gasteiger partial charge on any atom is 0.253 e. The van der Waals surface area contributed by atoms with E-state index in [1.54, 1.807) is 34.2 Å². The summed E-state index contributed by atoms with van der Waals surface area (Å²) in [5.74, 6) is -0.0813. The molecule has 0 radical (unpaired) electrons. The molecule has 0 spiro atoms. The average molecular weight is 405 g/mol. The van der Waals surface area contributed by atoms with E-state index in [0.717, 1.165) is 12.8 Å². The number of carbonyl (C=O) groups excluding carboxylic acids is 1. The Hall–Kier alpha value is -2.30. The van der Waals surface area contributed by atoms with Crippen LogP contribution >= 0.6 is 0 Å². The summed E-state index contributed by atoms with van der Waals surface area (Å²) in [5.41, 5.74) is 0.497. The highest BCUT2D eigenvalue weighted by Crippen LogP contribution is 2.23. The highest BCUT2D eigenvalue weighted by Gasteiger charge is 2.28. The molecule has 28 heavy (non-hydrogen) atoms. The Balaban J connectivity index is 1.40. The van der Waals surface area contributed by atoms with Gasteiger partial charge in [-0.3, -0.25) is 4.79 Å². The normalized spacial score (nSPS) is 19.6. The molecular formula is C18H23N5O4S. The van der Waals surface area contributed by atoms with Gasteiger partial charge in [0.15, 0.2) is 0 Å². The van der Waals surface area contributed by atoms with Gasteiger partial charge in [-0.05, 0) is 37.1 Å². The number of carbonyl (C=O) groups is 1. The highest BCUT2D eigenvalue weighted by molar-refractivity contribution is 7.89. The van der Waals surface area contributed by atoms with E-state index in [0.29, 0.717) is 45.0 Å². The van der Waals surface area contributed by atoms with Gasteiger partial charge in [-0.15, -0.1) is 0 Å². The second-order valence-electron chi connectivity index (χ2n) is 6.91. The van der Waals surface area contributed by atoms with Gasteiger partial charge in [0.2, 0.25) is 10.0 Å². The largest absolute Gasteiger partial charge is 0.379 e. The van der Waals surface area contributed by atoms with E-state index >= 15 is 0 Å². The number of piperidine rings is 1. The van der Waals surface area contributed by atoms with Crippen molar-refractivity contribution in [2.24, 2.45) is 0 Å². The molecule has 0 N–H and O–H groups in total. The average Bonchev–Trinajstić information content (AvgIpc) is 3.29. The first-order valence-corrected chi connectivity index (χ1v) is 10.8. The fourth-order valence-electron chi connectivity index (χ4n) is 3.60. The number of aromatic nitrogens is 3. The fourth-order valence-corrected chi connectivity index (χ4v) is 5.01. The molecule has 2 aromatic rings. The van der Waals surface area contributed by atoms with Crippen LogP contribution in [0.25, 0.3) is 0 Å². The number of amides is 1. The molecule has 10 heteroatoms. The number of hydrogen-bond acceptors (Lipinski definition) is 6. The Morgan fingerprint density at radius 1 is 0.964 bits per heavy atom. The number of likely N-dealkylation sites (tertiary alicyclic amines) is 1. The summed E-state index contributed by atoms with van der Waals surface area (Å²) in [6.45, 7) is 2.75. The van der Waals surface area contributed by atoms with Crippen molar-refractivity contribution in [1.82, 2.24) is 24.2 Å². The first kappa shape index (κ1) is 19.0. The van der Waals surface area contributed by atoms with Crippen molar-refractivity contribution >= 4 is 15.9 Å². The van der Waals surface area contributed by atoms with Crippen molar-refractivity contribution in [1.29, 1.82) is 0 Å². The monoisotopic (exact) mass is 405 g/mol. The van der Waals surface area contributed by atoms with Gasteiger partial charge in [-0.2, -0.15) is 19.3 Å². The predicted molar refractivity (Wildman–Crippen MR) is 100 cm³/mol. The van der Waals surface area contributed by atoms with E-state index in [1.165, 1.54) is 16.4 Å². The first-order valence-electron chi connectivity index (χ1n) is 9.39. The summed E-state index contributed by atoms with van der Waals surface area (Å²) in [6, 6.07) is 6.42. The maximum atomic E-state index is 12.8. The number of ether oxygens (including phenoxy) is 1. The lowest BCUT2D eigenvalue weighted by Crippen LogP contribution is -2.40. The quantitative estimate of drug-likeness (QED) is 0.746. The van der Waals surface area contributed by atoms with Crippen molar-refractivity contribution in [3.63, 3.8) is 0 Å². The molecule has 2 saturated heterocycles. The van der Waals surface area contributed by atoms with Gasteiger partial charge in [0, 0.05) is 31.7 Å². The second-order valence-corrected chi connectivity index (χ2v) is 8.85. The molecule has 2 fully saturated rings. The SMILES string of the molecule is O=C(c1ccc(S(=O)(=O)N2CCOCC2)cc1)N1CCC(n2nccn2)CC1. The van der Waals surface area contributed by atoms with Crippen molar-refractivity contribution in [3.05, 3.63) is 42.2 Å². The van der Waals surface area contributed by atoms with Crippen LogP contribution in [0.1, 0.15) is 29.2 Å². The molecule has 3 heterocycles. The van der Waals surface area contributed by atoms with E-state index in [9.17, 15) is 13.2 Å². The molecule has 0 unspecified atom stereocenters. The third-order valence-electron chi connectivity index (χ3n) is 5.22. The van der Waals surface area contributed by atoms with E-state index in [-0.39, 0.29) is 16.8 Å². The lowest BCUT2D eigenvalue weighted by molar-refractivity contribution is 0.0683. The van der Waals surface area contributed by atoms with Crippen LogP contribution in [0.4, 0.5) is 0 Å². The summed E-state index contributed by atoms with van der Waals surface area (Å²) >= 11 is 0. The van der Waals surface area contributed by atoms with Gasteiger partial charge >= 0.3 is 0 Å². The molecule has 0 bridgehead atoms. The minimum absolute atomic E-state index is 0.0813. The Morgan fingerprint density at radius 2 is 1.57 bits per heavy atom. The van der Waals surface area contributed by atoms with E-state index in [4.69, 9.17) is 4.74 Å². The molecule has 1 amide bonds. The second kappa shape index (κ2) is 7.98. The zero-order valence-corrected chi connectivity index (χ0v) is 16.3. The number of nitrogens with zero attached hydrogens (tertiary/aromatic N) is 5. The van der Waals surface area contributed by atoms with Crippen LogP contribution in [-0.2, 0) is 14.8 Å².